The van der Waals surface area contributed by atoms with E-state index < -0.39 is 17.7 Å². The largest absolute Gasteiger partial charge is 0.388 e. The number of benzene rings is 1. The molecule has 0 aromatic heterocycles. The maximum atomic E-state index is 13.7. The fourth-order valence-electron chi connectivity index (χ4n) is 2.79. The zero-order valence-corrected chi connectivity index (χ0v) is 10.8. The second-order valence-corrected chi connectivity index (χ2v) is 5.32. The van der Waals surface area contributed by atoms with E-state index in [1.165, 1.54) is 18.9 Å². The standard InChI is InChI=1S/C15H20F2O/c1-10-8-12(14(17)9-13(10)16)15(18)11-6-4-2-3-5-7-11/h8-9,11,15,18H,2-7H2,1H3. The topological polar surface area (TPSA) is 20.2 Å². The summed E-state index contributed by atoms with van der Waals surface area (Å²) in [6, 6.07) is 2.32. The third kappa shape index (κ3) is 2.89. The van der Waals surface area contributed by atoms with E-state index in [1.807, 2.05) is 0 Å². The van der Waals surface area contributed by atoms with Crippen molar-refractivity contribution < 1.29 is 13.9 Å². The van der Waals surface area contributed by atoms with E-state index >= 15 is 0 Å². The number of hydrogen-bond donors (Lipinski definition) is 1. The molecule has 0 radical (unpaired) electrons. The minimum Gasteiger partial charge on any atom is -0.388 e. The maximum Gasteiger partial charge on any atom is 0.131 e. The van der Waals surface area contributed by atoms with Gasteiger partial charge in [0.2, 0.25) is 0 Å². The van der Waals surface area contributed by atoms with E-state index in [0.29, 0.717) is 5.56 Å². The second-order valence-electron chi connectivity index (χ2n) is 5.32. The Bertz CT molecular complexity index is 409. The third-order valence-corrected chi connectivity index (χ3v) is 3.94. The Morgan fingerprint density at radius 2 is 1.67 bits per heavy atom. The van der Waals surface area contributed by atoms with Gasteiger partial charge in [-0.2, -0.15) is 0 Å². The summed E-state index contributed by atoms with van der Waals surface area (Å²) in [6.07, 6.45) is 5.60. The van der Waals surface area contributed by atoms with Crippen LogP contribution >= 0.6 is 0 Å². The van der Waals surface area contributed by atoms with Gasteiger partial charge in [0.25, 0.3) is 0 Å². The van der Waals surface area contributed by atoms with Crippen molar-refractivity contribution in [2.45, 2.75) is 51.6 Å². The summed E-state index contributed by atoms with van der Waals surface area (Å²) in [7, 11) is 0. The smallest absolute Gasteiger partial charge is 0.131 e. The summed E-state index contributed by atoms with van der Waals surface area (Å²) in [5.74, 6) is -1.08. The number of aliphatic hydroxyl groups excluding tert-OH is 1. The van der Waals surface area contributed by atoms with E-state index in [-0.39, 0.29) is 11.5 Å². The lowest BCUT2D eigenvalue weighted by Crippen LogP contribution is -2.14. The Balaban J connectivity index is 2.21. The third-order valence-electron chi connectivity index (χ3n) is 3.94. The zero-order valence-electron chi connectivity index (χ0n) is 10.8. The van der Waals surface area contributed by atoms with Gasteiger partial charge in [-0.05, 0) is 37.3 Å². The highest BCUT2D eigenvalue weighted by Crippen LogP contribution is 2.35. The van der Waals surface area contributed by atoms with E-state index in [9.17, 15) is 13.9 Å². The SMILES string of the molecule is Cc1cc(C(O)C2CCCCCC2)c(F)cc1F. The number of aliphatic hydroxyl groups is 1. The summed E-state index contributed by atoms with van der Waals surface area (Å²) in [4.78, 5) is 0. The molecule has 1 N–H and O–H groups in total. The monoisotopic (exact) mass is 254 g/mol. The number of hydrogen-bond acceptors (Lipinski definition) is 1. The van der Waals surface area contributed by atoms with Crippen LogP contribution < -0.4 is 0 Å². The summed E-state index contributed by atoms with van der Waals surface area (Å²) in [6.45, 7) is 1.60. The lowest BCUT2D eigenvalue weighted by molar-refractivity contribution is 0.0950. The zero-order chi connectivity index (χ0) is 13.1. The molecule has 1 aliphatic carbocycles. The average molecular weight is 254 g/mol. The van der Waals surface area contributed by atoms with Gasteiger partial charge in [0.05, 0.1) is 6.10 Å². The van der Waals surface area contributed by atoms with E-state index in [2.05, 4.69) is 0 Å². The molecule has 1 unspecified atom stereocenters. The molecule has 100 valence electrons. The Kier molecular flexibility index (Phi) is 4.33. The molecular formula is C15H20F2O. The van der Waals surface area contributed by atoms with Gasteiger partial charge in [0.1, 0.15) is 11.6 Å². The summed E-state index contributed by atoms with van der Waals surface area (Å²) < 4.78 is 26.9. The molecule has 1 nitrogen and oxygen atoms in total. The van der Waals surface area contributed by atoms with Crippen molar-refractivity contribution in [1.82, 2.24) is 0 Å². The van der Waals surface area contributed by atoms with Crippen LogP contribution in [-0.2, 0) is 0 Å². The predicted octanol–water partition coefficient (Wildman–Crippen LogP) is 4.28. The van der Waals surface area contributed by atoms with Crippen molar-refractivity contribution in [1.29, 1.82) is 0 Å². The first-order valence-electron chi connectivity index (χ1n) is 6.73. The number of aryl methyl sites for hydroxylation is 1. The maximum absolute atomic E-state index is 13.7. The normalized spacial score (nSPS) is 19.6. The highest BCUT2D eigenvalue weighted by atomic mass is 19.1. The van der Waals surface area contributed by atoms with Crippen molar-refractivity contribution in [2.75, 3.05) is 0 Å². The van der Waals surface area contributed by atoms with Gasteiger partial charge in [0, 0.05) is 11.6 Å². The van der Waals surface area contributed by atoms with E-state index in [4.69, 9.17) is 0 Å². The molecule has 1 saturated carbocycles. The predicted molar refractivity (Wildman–Crippen MR) is 67.2 cm³/mol. The van der Waals surface area contributed by atoms with Gasteiger partial charge in [0.15, 0.2) is 0 Å². The molecule has 0 saturated heterocycles. The lowest BCUT2D eigenvalue weighted by Gasteiger charge is -2.22. The minimum atomic E-state index is -0.803. The van der Waals surface area contributed by atoms with Crippen LogP contribution in [0.5, 0.6) is 0 Å². The molecule has 0 spiro atoms. The molecule has 1 aliphatic rings. The first-order chi connectivity index (χ1) is 8.59. The molecule has 0 bridgehead atoms. The van der Waals surface area contributed by atoms with Crippen LogP contribution in [0.25, 0.3) is 0 Å². The van der Waals surface area contributed by atoms with E-state index in [1.54, 1.807) is 6.92 Å². The average Bonchev–Trinajstić information content (AvgIpc) is 2.61. The van der Waals surface area contributed by atoms with Crippen LogP contribution in [0.1, 0.15) is 55.8 Å². The number of halogens is 2. The van der Waals surface area contributed by atoms with Gasteiger partial charge >= 0.3 is 0 Å². The Labute approximate surface area is 107 Å². The summed E-state index contributed by atoms with van der Waals surface area (Å²) >= 11 is 0. The molecular weight excluding hydrogens is 234 g/mol. The van der Waals surface area contributed by atoms with Crippen LogP contribution in [0.2, 0.25) is 0 Å². The molecule has 1 aromatic rings. The molecule has 18 heavy (non-hydrogen) atoms. The van der Waals surface area contributed by atoms with Gasteiger partial charge in [-0.1, -0.05) is 25.7 Å². The highest BCUT2D eigenvalue weighted by Gasteiger charge is 2.25. The van der Waals surface area contributed by atoms with Crippen LogP contribution in [-0.4, -0.2) is 5.11 Å². The van der Waals surface area contributed by atoms with E-state index in [0.717, 1.165) is 31.7 Å². The summed E-state index contributed by atoms with van der Waals surface area (Å²) in [5.41, 5.74) is 0.639. The molecule has 0 heterocycles. The highest BCUT2D eigenvalue weighted by molar-refractivity contribution is 5.27. The Morgan fingerprint density at radius 3 is 2.28 bits per heavy atom. The van der Waals surface area contributed by atoms with Gasteiger partial charge in [-0.25, -0.2) is 8.78 Å². The first kappa shape index (κ1) is 13.5. The minimum absolute atomic E-state index is 0.104. The molecule has 2 rings (SSSR count). The van der Waals surface area contributed by atoms with Crippen molar-refractivity contribution >= 4 is 0 Å². The Hall–Kier alpha value is -0.960. The van der Waals surface area contributed by atoms with Crippen LogP contribution in [0, 0.1) is 24.5 Å². The van der Waals surface area contributed by atoms with Crippen LogP contribution in [0.15, 0.2) is 12.1 Å². The van der Waals surface area contributed by atoms with Gasteiger partial charge in [-0.3, -0.25) is 0 Å². The first-order valence-corrected chi connectivity index (χ1v) is 6.73. The van der Waals surface area contributed by atoms with Crippen molar-refractivity contribution in [3.8, 4) is 0 Å². The van der Waals surface area contributed by atoms with Crippen molar-refractivity contribution in [3.63, 3.8) is 0 Å². The van der Waals surface area contributed by atoms with Crippen LogP contribution in [0.4, 0.5) is 8.78 Å². The molecule has 0 amide bonds. The number of rotatable bonds is 2. The van der Waals surface area contributed by atoms with Crippen molar-refractivity contribution in [2.24, 2.45) is 5.92 Å². The summed E-state index contributed by atoms with van der Waals surface area (Å²) in [5, 5.41) is 10.3. The fraction of sp³-hybridized carbons (Fsp3) is 0.600. The fourth-order valence-corrected chi connectivity index (χ4v) is 2.79. The van der Waals surface area contributed by atoms with Gasteiger partial charge in [-0.15, -0.1) is 0 Å². The van der Waals surface area contributed by atoms with Gasteiger partial charge < -0.3 is 5.11 Å². The Morgan fingerprint density at radius 1 is 1.06 bits per heavy atom. The second kappa shape index (κ2) is 5.79. The molecule has 1 fully saturated rings. The molecule has 3 heteroatoms. The lowest BCUT2D eigenvalue weighted by atomic mass is 9.88. The van der Waals surface area contributed by atoms with Crippen molar-refractivity contribution in [3.05, 3.63) is 34.9 Å². The molecule has 1 atom stereocenters. The quantitative estimate of drug-likeness (QED) is 0.781. The molecule has 1 aromatic carbocycles. The van der Waals surface area contributed by atoms with Crippen LogP contribution in [0.3, 0.4) is 0 Å². The molecule has 0 aliphatic heterocycles.